The minimum absolute atomic E-state index is 0.179. The lowest BCUT2D eigenvalue weighted by atomic mass is 10.2. The molecule has 0 spiro atoms. The van der Waals surface area contributed by atoms with E-state index in [9.17, 15) is 9.59 Å². The molecule has 3 nitrogen and oxygen atoms in total. The summed E-state index contributed by atoms with van der Waals surface area (Å²) >= 11 is 3.31. The second kappa shape index (κ2) is 5.60. The zero-order chi connectivity index (χ0) is 13.0. The van der Waals surface area contributed by atoms with Crippen molar-refractivity contribution in [2.45, 2.75) is 0 Å². The second-order valence-electron chi connectivity index (χ2n) is 3.70. The normalized spacial score (nSPS) is 9.83. The van der Waals surface area contributed by atoms with Crippen LogP contribution >= 0.6 is 15.9 Å². The number of benzene rings is 2. The van der Waals surface area contributed by atoms with Crippen molar-refractivity contribution >= 4 is 33.8 Å². The number of anilines is 1. The van der Waals surface area contributed by atoms with E-state index in [4.69, 9.17) is 0 Å². The average molecular weight is 304 g/mol. The molecule has 4 heteroatoms. The number of hydrogen-bond acceptors (Lipinski definition) is 2. The van der Waals surface area contributed by atoms with E-state index in [-0.39, 0.29) is 5.91 Å². The lowest BCUT2D eigenvalue weighted by Gasteiger charge is -2.05. The number of hydrogen-bond donors (Lipinski definition) is 1. The first-order valence-corrected chi connectivity index (χ1v) is 6.10. The summed E-state index contributed by atoms with van der Waals surface area (Å²) in [5, 5.41) is 2.76. The van der Waals surface area contributed by atoms with Crippen LogP contribution in [-0.2, 0) is 0 Å². The molecule has 0 bridgehead atoms. The molecule has 0 fully saturated rings. The standard InChI is InChI=1S/C14H10BrNO2/c15-12-5-3-11(4-6-12)14(18)16-13-7-1-10(9-17)2-8-13/h1-9H,(H,16,18). The Hall–Kier alpha value is -1.94. The molecule has 0 aromatic heterocycles. The third-order valence-corrected chi connectivity index (χ3v) is 2.94. The maximum Gasteiger partial charge on any atom is 0.255 e. The molecule has 2 aromatic carbocycles. The van der Waals surface area contributed by atoms with Crippen LogP contribution in [0.1, 0.15) is 20.7 Å². The largest absolute Gasteiger partial charge is 0.322 e. The highest BCUT2D eigenvalue weighted by Gasteiger charge is 2.05. The van der Waals surface area contributed by atoms with E-state index in [2.05, 4.69) is 21.2 Å². The van der Waals surface area contributed by atoms with Gasteiger partial charge in [0.1, 0.15) is 6.29 Å². The maximum atomic E-state index is 11.9. The van der Waals surface area contributed by atoms with Gasteiger partial charge in [-0.25, -0.2) is 0 Å². The number of carbonyl (C=O) groups is 2. The van der Waals surface area contributed by atoms with Crippen molar-refractivity contribution in [3.05, 3.63) is 64.1 Å². The maximum absolute atomic E-state index is 11.9. The van der Waals surface area contributed by atoms with E-state index in [1.807, 2.05) is 12.1 Å². The van der Waals surface area contributed by atoms with Crippen molar-refractivity contribution in [2.75, 3.05) is 5.32 Å². The number of aldehydes is 1. The van der Waals surface area contributed by atoms with Crippen LogP contribution in [-0.4, -0.2) is 12.2 Å². The fourth-order valence-corrected chi connectivity index (χ4v) is 1.71. The molecular formula is C14H10BrNO2. The van der Waals surface area contributed by atoms with Crippen molar-refractivity contribution < 1.29 is 9.59 Å². The molecule has 0 saturated heterocycles. The van der Waals surface area contributed by atoms with Gasteiger partial charge in [0.2, 0.25) is 0 Å². The van der Waals surface area contributed by atoms with Gasteiger partial charge in [-0.1, -0.05) is 15.9 Å². The quantitative estimate of drug-likeness (QED) is 0.882. The molecule has 0 heterocycles. The molecule has 0 aliphatic carbocycles. The monoisotopic (exact) mass is 303 g/mol. The van der Waals surface area contributed by atoms with Gasteiger partial charge in [-0.15, -0.1) is 0 Å². The van der Waals surface area contributed by atoms with E-state index < -0.39 is 0 Å². The molecular weight excluding hydrogens is 294 g/mol. The van der Waals surface area contributed by atoms with E-state index in [0.29, 0.717) is 16.8 Å². The van der Waals surface area contributed by atoms with Gasteiger partial charge in [-0.2, -0.15) is 0 Å². The van der Waals surface area contributed by atoms with Crippen LogP contribution in [0.15, 0.2) is 53.0 Å². The minimum Gasteiger partial charge on any atom is -0.322 e. The van der Waals surface area contributed by atoms with E-state index in [0.717, 1.165) is 10.8 Å². The van der Waals surface area contributed by atoms with E-state index in [1.54, 1.807) is 36.4 Å². The van der Waals surface area contributed by atoms with Crippen LogP contribution in [0.25, 0.3) is 0 Å². The van der Waals surface area contributed by atoms with Gasteiger partial charge < -0.3 is 5.32 Å². The van der Waals surface area contributed by atoms with Crippen molar-refractivity contribution in [1.29, 1.82) is 0 Å². The first kappa shape index (κ1) is 12.5. The van der Waals surface area contributed by atoms with Crippen LogP contribution in [0.2, 0.25) is 0 Å². The molecule has 0 saturated carbocycles. The minimum atomic E-state index is -0.179. The highest BCUT2D eigenvalue weighted by atomic mass is 79.9. The molecule has 90 valence electrons. The summed E-state index contributed by atoms with van der Waals surface area (Å²) in [6.45, 7) is 0. The second-order valence-corrected chi connectivity index (χ2v) is 4.62. The topological polar surface area (TPSA) is 46.2 Å². The molecule has 0 radical (unpaired) electrons. The van der Waals surface area contributed by atoms with Gasteiger partial charge in [0.25, 0.3) is 5.91 Å². The molecule has 0 aliphatic heterocycles. The Kier molecular flexibility index (Phi) is 3.89. The predicted molar refractivity (Wildman–Crippen MR) is 73.9 cm³/mol. The fraction of sp³-hybridized carbons (Fsp3) is 0. The summed E-state index contributed by atoms with van der Waals surface area (Å²) in [7, 11) is 0. The average Bonchev–Trinajstić information content (AvgIpc) is 2.40. The molecule has 0 atom stereocenters. The zero-order valence-corrected chi connectivity index (χ0v) is 11.0. The van der Waals surface area contributed by atoms with Gasteiger partial charge in [0, 0.05) is 21.3 Å². The molecule has 18 heavy (non-hydrogen) atoms. The van der Waals surface area contributed by atoms with Crippen LogP contribution < -0.4 is 5.32 Å². The van der Waals surface area contributed by atoms with Gasteiger partial charge in [-0.05, 0) is 48.5 Å². The van der Waals surface area contributed by atoms with Crippen LogP contribution in [0.4, 0.5) is 5.69 Å². The molecule has 1 N–H and O–H groups in total. The Morgan fingerprint density at radius 2 is 1.61 bits per heavy atom. The first-order chi connectivity index (χ1) is 8.69. The van der Waals surface area contributed by atoms with E-state index in [1.165, 1.54) is 0 Å². The highest BCUT2D eigenvalue weighted by molar-refractivity contribution is 9.10. The lowest BCUT2D eigenvalue weighted by Crippen LogP contribution is -2.11. The smallest absolute Gasteiger partial charge is 0.255 e. The first-order valence-electron chi connectivity index (χ1n) is 5.31. The van der Waals surface area contributed by atoms with Crippen molar-refractivity contribution in [2.24, 2.45) is 0 Å². The molecule has 0 aliphatic rings. The van der Waals surface area contributed by atoms with Crippen molar-refractivity contribution in [3.63, 3.8) is 0 Å². The number of halogens is 1. The van der Waals surface area contributed by atoms with Gasteiger partial charge >= 0.3 is 0 Å². The molecule has 0 unspecified atom stereocenters. The molecule has 2 aromatic rings. The van der Waals surface area contributed by atoms with Gasteiger partial charge in [0.05, 0.1) is 0 Å². The summed E-state index contributed by atoms with van der Waals surface area (Å²) < 4.78 is 0.925. The third-order valence-electron chi connectivity index (χ3n) is 2.41. The summed E-state index contributed by atoms with van der Waals surface area (Å²) in [5.74, 6) is -0.179. The summed E-state index contributed by atoms with van der Waals surface area (Å²) in [5.41, 5.74) is 1.82. The Labute approximate surface area is 113 Å². The highest BCUT2D eigenvalue weighted by Crippen LogP contribution is 2.13. The zero-order valence-electron chi connectivity index (χ0n) is 9.39. The SMILES string of the molecule is O=Cc1ccc(NC(=O)c2ccc(Br)cc2)cc1. The summed E-state index contributed by atoms with van der Waals surface area (Å²) in [4.78, 5) is 22.4. The van der Waals surface area contributed by atoms with Crippen LogP contribution in [0.5, 0.6) is 0 Å². The lowest BCUT2D eigenvalue weighted by molar-refractivity contribution is 0.102. The van der Waals surface area contributed by atoms with Crippen molar-refractivity contribution in [1.82, 2.24) is 0 Å². The summed E-state index contributed by atoms with van der Waals surface area (Å²) in [6.07, 6.45) is 0.764. The number of amides is 1. The number of carbonyl (C=O) groups excluding carboxylic acids is 2. The van der Waals surface area contributed by atoms with E-state index >= 15 is 0 Å². The Bertz CT molecular complexity index is 561. The van der Waals surface area contributed by atoms with Gasteiger partial charge in [0.15, 0.2) is 0 Å². The van der Waals surface area contributed by atoms with Crippen LogP contribution in [0.3, 0.4) is 0 Å². The van der Waals surface area contributed by atoms with Crippen molar-refractivity contribution in [3.8, 4) is 0 Å². The Morgan fingerprint density at radius 3 is 2.17 bits per heavy atom. The number of rotatable bonds is 3. The molecule has 2 rings (SSSR count). The van der Waals surface area contributed by atoms with Gasteiger partial charge in [-0.3, -0.25) is 9.59 Å². The fourth-order valence-electron chi connectivity index (χ4n) is 1.45. The number of nitrogens with one attached hydrogen (secondary N) is 1. The Morgan fingerprint density at radius 1 is 1.00 bits per heavy atom. The third kappa shape index (κ3) is 3.05. The predicted octanol–water partition coefficient (Wildman–Crippen LogP) is 3.51. The molecule has 1 amide bonds. The van der Waals surface area contributed by atoms with Crippen LogP contribution in [0, 0.1) is 0 Å². The summed E-state index contributed by atoms with van der Waals surface area (Å²) in [6, 6.07) is 13.8. The Balaban J connectivity index is 2.10.